The molecule has 1 fully saturated rings. The van der Waals surface area contributed by atoms with E-state index in [4.69, 9.17) is 11.6 Å². The van der Waals surface area contributed by atoms with E-state index in [1.165, 1.54) is 17.5 Å². The lowest BCUT2D eigenvalue weighted by Crippen LogP contribution is -1.90. The van der Waals surface area contributed by atoms with Crippen LogP contribution in [0.25, 0.3) is 0 Å². The van der Waals surface area contributed by atoms with Crippen molar-refractivity contribution in [1.82, 2.24) is 0 Å². The number of halogens is 1. The second-order valence-electron chi connectivity index (χ2n) is 4.81. The predicted octanol–water partition coefficient (Wildman–Crippen LogP) is 4.16. The maximum atomic E-state index is 6.02. The van der Waals surface area contributed by atoms with Gasteiger partial charge in [-0.2, -0.15) is 0 Å². The summed E-state index contributed by atoms with van der Waals surface area (Å²) in [5.41, 5.74) is 3.18. The molecule has 0 bridgehead atoms. The van der Waals surface area contributed by atoms with E-state index in [0.717, 1.165) is 10.9 Å². The molecule has 0 radical (unpaired) electrons. The van der Waals surface area contributed by atoms with E-state index in [1.807, 2.05) is 6.07 Å². The predicted molar refractivity (Wildman–Crippen MR) is 57.3 cm³/mol. The maximum Gasteiger partial charge on any atom is 0.0411 e. The van der Waals surface area contributed by atoms with Crippen molar-refractivity contribution < 1.29 is 0 Å². The van der Waals surface area contributed by atoms with Crippen LogP contribution < -0.4 is 0 Å². The molecule has 0 aromatic heterocycles. The zero-order valence-electron chi connectivity index (χ0n) is 8.39. The van der Waals surface area contributed by atoms with E-state index < -0.39 is 0 Å². The van der Waals surface area contributed by atoms with Crippen LogP contribution in [0.3, 0.4) is 0 Å². The molecule has 0 heterocycles. The largest absolute Gasteiger partial charge is 0.0843 e. The van der Waals surface area contributed by atoms with Crippen molar-refractivity contribution in [3.05, 3.63) is 34.3 Å². The van der Waals surface area contributed by atoms with E-state index in [1.54, 1.807) is 0 Å². The fourth-order valence-electron chi connectivity index (χ4n) is 2.00. The number of rotatable bonds is 1. The first kappa shape index (κ1) is 9.08. The molecule has 13 heavy (non-hydrogen) atoms. The highest BCUT2D eigenvalue weighted by Crippen LogP contribution is 2.58. The minimum absolute atomic E-state index is 0.497. The highest BCUT2D eigenvalue weighted by atomic mass is 35.5. The Morgan fingerprint density at radius 2 is 1.92 bits per heavy atom. The third-order valence-electron chi connectivity index (χ3n) is 2.98. The van der Waals surface area contributed by atoms with Gasteiger partial charge in [0, 0.05) is 5.02 Å². The van der Waals surface area contributed by atoms with Crippen LogP contribution in [-0.4, -0.2) is 0 Å². The van der Waals surface area contributed by atoms with Crippen molar-refractivity contribution in [2.24, 2.45) is 5.41 Å². The first-order chi connectivity index (χ1) is 5.99. The molecule has 70 valence electrons. The number of benzene rings is 1. The van der Waals surface area contributed by atoms with Crippen molar-refractivity contribution in [1.29, 1.82) is 0 Å². The third-order valence-corrected chi connectivity index (χ3v) is 3.20. The summed E-state index contributed by atoms with van der Waals surface area (Å²) < 4.78 is 0. The highest BCUT2D eigenvalue weighted by Gasteiger charge is 2.46. The van der Waals surface area contributed by atoms with Crippen molar-refractivity contribution in [2.75, 3.05) is 0 Å². The van der Waals surface area contributed by atoms with Gasteiger partial charge in [-0.05, 0) is 47.9 Å². The third kappa shape index (κ3) is 1.73. The van der Waals surface area contributed by atoms with Gasteiger partial charge in [0.2, 0.25) is 0 Å². The van der Waals surface area contributed by atoms with E-state index in [0.29, 0.717) is 5.41 Å². The van der Waals surface area contributed by atoms with Gasteiger partial charge in [-0.3, -0.25) is 0 Å². The second-order valence-corrected chi connectivity index (χ2v) is 5.24. The van der Waals surface area contributed by atoms with Crippen molar-refractivity contribution in [3.8, 4) is 0 Å². The molecule has 0 nitrogen and oxygen atoms in total. The van der Waals surface area contributed by atoms with Crippen molar-refractivity contribution in [3.63, 3.8) is 0 Å². The molecule has 0 spiro atoms. The van der Waals surface area contributed by atoms with Crippen LogP contribution >= 0.6 is 11.6 Å². The standard InChI is InChI=1S/C12H15Cl/c1-8-4-9(6-10(13)5-8)11-7-12(11,2)3/h4-6,11H,7H2,1-3H3. The van der Waals surface area contributed by atoms with Gasteiger partial charge >= 0.3 is 0 Å². The lowest BCUT2D eigenvalue weighted by Gasteiger charge is -2.05. The fraction of sp³-hybridized carbons (Fsp3) is 0.500. The molecule has 0 N–H and O–H groups in total. The van der Waals surface area contributed by atoms with Gasteiger partial charge in [-0.25, -0.2) is 0 Å². The summed E-state index contributed by atoms with van der Waals surface area (Å²) in [5, 5.41) is 0.873. The summed E-state index contributed by atoms with van der Waals surface area (Å²) in [5.74, 6) is 0.727. The number of hydrogen-bond acceptors (Lipinski definition) is 0. The highest BCUT2D eigenvalue weighted by molar-refractivity contribution is 6.30. The molecular formula is C12H15Cl. The molecule has 1 aliphatic rings. The molecule has 0 amide bonds. The normalized spacial score (nSPS) is 24.5. The Morgan fingerprint density at radius 1 is 1.31 bits per heavy atom. The zero-order valence-corrected chi connectivity index (χ0v) is 9.15. The summed E-state index contributed by atoms with van der Waals surface area (Å²) in [4.78, 5) is 0. The van der Waals surface area contributed by atoms with Crippen LogP contribution in [0.15, 0.2) is 18.2 Å². The minimum Gasteiger partial charge on any atom is -0.0843 e. The molecule has 1 aromatic rings. The topological polar surface area (TPSA) is 0 Å². The summed E-state index contributed by atoms with van der Waals surface area (Å²) in [6.45, 7) is 6.73. The van der Waals surface area contributed by atoms with Crippen LogP contribution in [0.2, 0.25) is 5.02 Å². The monoisotopic (exact) mass is 194 g/mol. The van der Waals surface area contributed by atoms with Crippen molar-refractivity contribution in [2.45, 2.75) is 33.1 Å². The second kappa shape index (κ2) is 2.75. The van der Waals surface area contributed by atoms with Crippen LogP contribution in [0.1, 0.15) is 37.3 Å². The van der Waals surface area contributed by atoms with Gasteiger partial charge in [0.05, 0.1) is 0 Å². The van der Waals surface area contributed by atoms with Gasteiger partial charge in [-0.15, -0.1) is 0 Å². The van der Waals surface area contributed by atoms with E-state index in [9.17, 15) is 0 Å². The van der Waals surface area contributed by atoms with Gasteiger partial charge in [0.1, 0.15) is 0 Å². The maximum absolute atomic E-state index is 6.02. The number of aryl methyl sites for hydroxylation is 1. The Hall–Kier alpha value is -0.490. The molecular weight excluding hydrogens is 180 g/mol. The Morgan fingerprint density at radius 3 is 2.38 bits per heavy atom. The molecule has 1 aromatic carbocycles. The molecule has 1 heteroatoms. The smallest absolute Gasteiger partial charge is 0.0411 e. The van der Waals surface area contributed by atoms with Gasteiger partial charge < -0.3 is 0 Å². The molecule has 0 saturated heterocycles. The molecule has 1 unspecified atom stereocenters. The summed E-state index contributed by atoms with van der Waals surface area (Å²) in [6.07, 6.45) is 1.30. The summed E-state index contributed by atoms with van der Waals surface area (Å²) >= 11 is 6.02. The Balaban J connectivity index is 2.32. The Kier molecular flexibility index (Phi) is 1.92. The lowest BCUT2D eigenvalue weighted by molar-refractivity contribution is 0.621. The SMILES string of the molecule is Cc1cc(Cl)cc(C2CC2(C)C)c1. The van der Waals surface area contributed by atoms with Gasteiger partial charge in [-0.1, -0.05) is 31.5 Å². The first-order valence-corrected chi connectivity index (χ1v) is 5.14. The van der Waals surface area contributed by atoms with Crippen LogP contribution in [0.5, 0.6) is 0 Å². The minimum atomic E-state index is 0.497. The first-order valence-electron chi connectivity index (χ1n) is 4.76. The molecule has 2 rings (SSSR count). The lowest BCUT2D eigenvalue weighted by atomic mass is 10.0. The molecule has 1 aliphatic carbocycles. The van der Waals surface area contributed by atoms with Crippen LogP contribution in [0.4, 0.5) is 0 Å². The van der Waals surface area contributed by atoms with Crippen LogP contribution in [-0.2, 0) is 0 Å². The van der Waals surface area contributed by atoms with Crippen LogP contribution in [0, 0.1) is 12.3 Å². The quantitative estimate of drug-likeness (QED) is 0.630. The molecule has 1 atom stereocenters. The molecule has 1 saturated carbocycles. The van der Waals surface area contributed by atoms with Gasteiger partial charge in [0.25, 0.3) is 0 Å². The number of hydrogen-bond donors (Lipinski definition) is 0. The van der Waals surface area contributed by atoms with E-state index in [2.05, 4.69) is 32.9 Å². The fourth-order valence-corrected chi connectivity index (χ4v) is 2.30. The average molecular weight is 195 g/mol. The van der Waals surface area contributed by atoms with Crippen molar-refractivity contribution >= 4 is 11.6 Å². The summed E-state index contributed by atoms with van der Waals surface area (Å²) in [6, 6.07) is 6.37. The van der Waals surface area contributed by atoms with E-state index >= 15 is 0 Å². The Bertz CT molecular complexity index is 319. The van der Waals surface area contributed by atoms with Gasteiger partial charge in [0.15, 0.2) is 0 Å². The zero-order chi connectivity index (χ0) is 9.64. The Labute approximate surface area is 84.9 Å². The van der Waals surface area contributed by atoms with E-state index in [-0.39, 0.29) is 0 Å². The average Bonchev–Trinajstić information content (AvgIpc) is 2.57. The summed E-state index contributed by atoms with van der Waals surface area (Å²) in [7, 11) is 0. The molecule has 0 aliphatic heterocycles.